The van der Waals surface area contributed by atoms with Crippen LogP contribution in [-0.2, 0) is 6.54 Å². The van der Waals surface area contributed by atoms with E-state index in [9.17, 15) is 4.79 Å². The van der Waals surface area contributed by atoms with Gasteiger partial charge in [0.15, 0.2) is 11.5 Å². The van der Waals surface area contributed by atoms with Crippen LogP contribution < -0.4 is 16.2 Å². The van der Waals surface area contributed by atoms with Gasteiger partial charge < -0.3 is 20.4 Å². The third-order valence-corrected chi connectivity index (χ3v) is 4.45. The Morgan fingerprint density at radius 2 is 2.00 bits per heavy atom. The number of likely N-dealkylation sites (tertiary alicyclic amines) is 1. The topological polar surface area (TPSA) is 102 Å². The van der Waals surface area contributed by atoms with Crippen LogP contribution in [0.25, 0.3) is 11.2 Å². The number of hydrogen-bond acceptors (Lipinski definition) is 6. The highest BCUT2D eigenvalue weighted by atomic mass is 16.5. The highest BCUT2D eigenvalue weighted by molar-refractivity contribution is 5.81. The lowest BCUT2D eigenvalue weighted by Gasteiger charge is -2.26. The molecule has 0 aliphatic carbocycles. The van der Waals surface area contributed by atoms with Crippen LogP contribution in [-0.4, -0.2) is 50.7 Å². The maximum atomic E-state index is 12.3. The predicted molar refractivity (Wildman–Crippen MR) is 93.3 cm³/mol. The molecule has 3 N–H and O–H groups in total. The molecular weight excluding hydrogens is 308 g/mol. The van der Waals surface area contributed by atoms with Crippen LogP contribution in [0, 0.1) is 0 Å². The van der Waals surface area contributed by atoms with Crippen LogP contribution in [0.2, 0.25) is 0 Å². The number of anilines is 1. The zero-order valence-corrected chi connectivity index (χ0v) is 14.3. The number of aromatic amines is 1. The lowest BCUT2D eigenvalue weighted by Crippen LogP contribution is -2.34. The molecule has 0 bridgehead atoms. The van der Waals surface area contributed by atoms with Gasteiger partial charge >= 0.3 is 11.7 Å². The fourth-order valence-electron chi connectivity index (χ4n) is 3.04. The highest BCUT2D eigenvalue weighted by Gasteiger charge is 2.16. The number of rotatable bonds is 7. The quantitative estimate of drug-likeness (QED) is 0.741. The minimum Gasteiger partial charge on any atom is -0.463 e. The van der Waals surface area contributed by atoms with Crippen LogP contribution in [0.3, 0.4) is 0 Å². The van der Waals surface area contributed by atoms with Crippen LogP contribution in [0.1, 0.15) is 39.0 Å². The molecule has 1 saturated heterocycles. The van der Waals surface area contributed by atoms with E-state index in [2.05, 4.69) is 26.8 Å². The maximum Gasteiger partial charge on any atom is 0.327 e. The van der Waals surface area contributed by atoms with Crippen molar-refractivity contribution in [3.05, 3.63) is 10.5 Å². The minimum atomic E-state index is -0.200. The molecule has 0 aromatic carbocycles. The Balaban J connectivity index is 1.80. The minimum absolute atomic E-state index is 0.200. The van der Waals surface area contributed by atoms with Gasteiger partial charge in [0.05, 0.1) is 6.61 Å². The molecule has 24 heavy (non-hydrogen) atoms. The van der Waals surface area contributed by atoms with Gasteiger partial charge in [-0.2, -0.15) is 9.97 Å². The Bertz CT molecular complexity index is 732. The second-order valence-corrected chi connectivity index (χ2v) is 6.28. The van der Waals surface area contributed by atoms with Crippen molar-refractivity contribution in [1.82, 2.24) is 24.4 Å². The molecule has 1 aliphatic rings. The fourth-order valence-corrected chi connectivity index (χ4v) is 3.04. The largest absolute Gasteiger partial charge is 0.463 e. The van der Waals surface area contributed by atoms with Gasteiger partial charge in [-0.25, -0.2) is 4.79 Å². The predicted octanol–water partition coefficient (Wildman–Crippen LogP) is 1.37. The Labute approximate surface area is 141 Å². The third kappa shape index (κ3) is 3.69. The zero-order chi connectivity index (χ0) is 16.9. The molecule has 1 fully saturated rings. The summed E-state index contributed by atoms with van der Waals surface area (Å²) in [5.74, 6) is 0.250. The molecule has 1 aliphatic heterocycles. The highest BCUT2D eigenvalue weighted by Crippen LogP contribution is 2.18. The van der Waals surface area contributed by atoms with E-state index in [4.69, 9.17) is 10.5 Å². The Morgan fingerprint density at radius 3 is 2.75 bits per heavy atom. The monoisotopic (exact) mass is 334 g/mol. The first-order valence-corrected chi connectivity index (χ1v) is 8.80. The number of imidazole rings is 1. The molecule has 8 heteroatoms. The number of hydrogen-bond donors (Lipinski definition) is 2. The maximum absolute atomic E-state index is 12.3. The fraction of sp³-hybridized carbons (Fsp3) is 0.688. The number of H-pyrrole nitrogens is 1. The van der Waals surface area contributed by atoms with E-state index in [1.54, 1.807) is 4.57 Å². The van der Waals surface area contributed by atoms with E-state index < -0.39 is 0 Å². The van der Waals surface area contributed by atoms with Crippen molar-refractivity contribution in [2.45, 2.75) is 45.6 Å². The number of unbranched alkanes of at least 4 members (excludes halogenated alkanes) is 1. The van der Waals surface area contributed by atoms with Gasteiger partial charge in [0.1, 0.15) is 5.52 Å². The van der Waals surface area contributed by atoms with Crippen LogP contribution in [0.5, 0.6) is 6.01 Å². The summed E-state index contributed by atoms with van der Waals surface area (Å²) in [6.07, 6.45) is 5.71. The number of nitrogens with two attached hydrogens (primary N) is 1. The molecule has 0 radical (unpaired) electrons. The SMILES string of the molecule is CCCCOc1nc(N)c2[nH]c(=O)n(CCN3CCCCC3)c2n1. The van der Waals surface area contributed by atoms with Gasteiger partial charge in [-0.05, 0) is 32.4 Å². The molecule has 2 aromatic heterocycles. The molecule has 3 rings (SSSR count). The number of aromatic nitrogens is 4. The average Bonchev–Trinajstić information content (AvgIpc) is 2.90. The number of nitrogens with one attached hydrogen (secondary N) is 1. The molecule has 0 unspecified atom stereocenters. The summed E-state index contributed by atoms with van der Waals surface area (Å²) in [5, 5.41) is 0. The lowest BCUT2D eigenvalue weighted by molar-refractivity contribution is 0.220. The number of ether oxygens (including phenoxy) is 1. The first kappa shape index (κ1) is 16.8. The summed E-state index contributed by atoms with van der Waals surface area (Å²) in [5.41, 5.74) is 6.77. The second-order valence-electron chi connectivity index (χ2n) is 6.28. The van der Waals surface area contributed by atoms with Crippen molar-refractivity contribution in [2.75, 3.05) is 32.0 Å². The Kier molecular flexibility index (Phi) is 5.34. The number of nitrogen functional groups attached to an aromatic ring is 1. The van der Waals surface area contributed by atoms with Crippen LogP contribution in [0.4, 0.5) is 5.82 Å². The second kappa shape index (κ2) is 7.65. The number of nitrogens with zero attached hydrogens (tertiary/aromatic N) is 4. The molecule has 3 heterocycles. The summed E-state index contributed by atoms with van der Waals surface area (Å²) in [6, 6.07) is 0.235. The van der Waals surface area contributed by atoms with Crippen molar-refractivity contribution in [2.24, 2.45) is 0 Å². The van der Waals surface area contributed by atoms with Crippen molar-refractivity contribution in [3.8, 4) is 6.01 Å². The van der Waals surface area contributed by atoms with E-state index in [1.165, 1.54) is 19.3 Å². The normalized spacial score (nSPS) is 15.9. The van der Waals surface area contributed by atoms with Gasteiger partial charge in [0.2, 0.25) is 0 Å². The van der Waals surface area contributed by atoms with Crippen LogP contribution in [0.15, 0.2) is 4.79 Å². The summed E-state index contributed by atoms with van der Waals surface area (Å²) in [7, 11) is 0. The molecule has 0 atom stereocenters. The third-order valence-electron chi connectivity index (χ3n) is 4.45. The van der Waals surface area contributed by atoms with Gasteiger partial charge in [-0.3, -0.25) is 4.57 Å². The molecule has 0 saturated carbocycles. The molecule has 2 aromatic rings. The first-order valence-electron chi connectivity index (χ1n) is 8.80. The van der Waals surface area contributed by atoms with E-state index in [-0.39, 0.29) is 17.5 Å². The van der Waals surface area contributed by atoms with Crippen molar-refractivity contribution < 1.29 is 4.74 Å². The summed E-state index contributed by atoms with van der Waals surface area (Å²) >= 11 is 0. The first-order chi connectivity index (χ1) is 11.7. The van der Waals surface area contributed by atoms with Crippen molar-refractivity contribution >= 4 is 17.0 Å². The lowest BCUT2D eigenvalue weighted by atomic mass is 10.1. The van der Waals surface area contributed by atoms with Crippen molar-refractivity contribution in [3.63, 3.8) is 0 Å². The Morgan fingerprint density at radius 1 is 1.21 bits per heavy atom. The average molecular weight is 334 g/mol. The molecule has 0 amide bonds. The number of fused-ring (bicyclic) bond motifs is 1. The number of piperidine rings is 1. The molecule has 8 nitrogen and oxygen atoms in total. The standard InChI is InChI=1S/C16H26N6O2/c1-2-3-11-24-15-19-13(17)12-14(20-15)22(16(23)18-12)10-9-21-7-5-4-6-8-21/h2-11H2,1H3,(H,18,23)(H2,17,19,20). The molecular formula is C16H26N6O2. The zero-order valence-electron chi connectivity index (χ0n) is 14.3. The van der Waals surface area contributed by atoms with Gasteiger partial charge in [-0.15, -0.1) is 0 Å². The van der Waals surface area contributed by atoms with Gasteiger partial charge in [0.25, 0.3) is 0 Å². The molecule has 0 spiro atoms. The molecule has 132 valence electrons. The van der Waals surface area contributed by atoms with Crippen LogP contribution >= 0.6 is 0 Å². The summed E-state index contributed by atoms with van der Waals surface area (Å²) in [6.45, 7) is 6.25. The summed E-state index contributed by atoms with van der Waals surface area (Å²) in [4.78, 5) is 25.9. The Hall–Kier alpha value is -2.09. The smallest absolute Gasteiger partial charge is 0.327 e. The van der Waals surface area contributed by atoms with Gasteiger partial charge in [-0.1, -0.05) is 19.8 Å². The van der Waals surface area contributed by atoms with Crippen molar-refractivity contribution in [1.29, 1.82) is 0 Å². The summed E-state index contributed by atoms with van der Waals surface area (Å²) < 4.78 is 7.19. The van der Waals surface area contributed by atoms with Gasteiger partial charge in [0, 0.05) is 13.1 Å². The van der Waals surface area contributed by atoms with E-state index in [1.807, 2.05) is 0 Å². The van der Waals surface area contributed by atoms with E-state index in [0.717, 1.165) is 32.5 Å². The van der Waals surface area contributed by atoms with E-state index >= 15 is 0 Å². The van der Waals surface area contributed by atoms with E-state index in [0.29, 0.717) is 24.3 Å².